The first-order chi connectivity index (χ1) is 11.0. The van der Waals surface area contributed by atoms with Gasteiger partial charge in [-0.05, 0) is 13.0 Å². The quantitative estimate of drug-likeness (QED) is 0.676. The van der Waals surface area contributed by atoms with Crippen LogP contribution in [0, 0.1) is 17.0 Å². The SMILES string of the molecule is COc1cc(NC(=O)c2cccc(C)c2[N+](=O)[O-])cc(OC)c1. The number of rotatable bonds is 5. The maximum absolute atomic E-state index is 12.4. The zero-order chi connectivity index (χ0) is 17.0. The largest absolute Gasteiger partial charge is 0.497 e. The average Bonchev–Trinajstić information content (AvgIpc) is 2.53. The summed E-state index contributed by atoms with van der Waals surface area (Å²) in [6.07, 6.45) is 0. The van der Waals surface area contributed by atoms with Gasteiger partial charge in [0.2, 0.25) is 0 Å². The summed E-state index contributed by atoms with van der Waals surface area (Å²) in [5.41, 5.74) is 0.629. The number of aryl methyl sites for hydroxylation is 1. The minimum atomic E-state index is -0.573. The Bertz CT molecular complexity index is 736. The molecule has 0 heterocycles. The molecule has 1 N–H and O–H groups in total. The summed E-state index contributed by atoms with van der Waals surface area (Å²) in [6, 6.07) is 9.46. The van der Waals surface area contributed by atoms with Gasteiger partial charge in [0.15, 0.2) is 0 Å². The summed E-state index contributed by atoms with van der Waals surface area (Å²) >= 11 is 0. The third-order valence-electron chi connectivity index (χ3n) is 3.27. The van der Waals surface area contributed by atoms with Gasteiger partial charge in [0.1, 0.15) is 17.1 Å². The second-order valence-corrected chi connectivity index (χ2v) is 4.78. The first kappa shape index (κ1) is 16.3. The fourth-order valence-corrected chi connectivity index (χ4v) is 2.16. The van der Waals surface area contributed by atoms with Crippen molar-refractivity contribution in [3.05, 3.63) is 57.6 Å². The Labute approximate surface area is 133 Å². The van der Waals surface area contributed by atoms with Crippen molar-refractivity contribution in [1.29, 1.82) is 0 Å². The van der Waals surface area contributed by atoms with E-state index in [9.17, 15) is 14.9 Å². The molecule has 0 aromatic heterocycles. The van der Waals surface area contributed by atoms with Crippen LogP contribution in [0.15, 0.2) is 36.4 Å². The summed E-state index contributed by atoms with van der Waals surface area (Å²) in [6.45, 7) is 1.59. The number of hydrogen-bond donors (Lipinski definition) is 1. The Kier molecular flexibility index (Phi) is 4.80. The van der Waals surface area contributed by atoms with Gasteiger partial charge >= 0.3 is 0 Å². The molecular formula is C16H16N2O5. The van der Waals surface area contributed by atoms with Crippen molar-refractivity contribution in [2.75, 3.05) is 19.5 Å². The molecule has 0 spiro atoms. The lowest BCUT2D eigenvalue weighted by atomic mass is 10.1. The van der Waals surface area contributed by atoms with Crippen molar-refractivity contribution in [1.82, 2.24) is 0 Å². The van der Waals surface area contributed by atoms with Gasteiger partial charge in [-0.15, -0.1) is 0 Å². The van der Waals surface area contributed by atoms with Crippen LogP contribution in [0.4, 0.5) is 11.4 Å². The van der Waals surface area contributed by atoms with Crippen molar-refractivity contribution in [2.24, 2.45) is 0 Å². The fraction of sp³-hybridized carbons (Fsp3) is 0.188. The molecular weight excluding hydrogens is 300 g/mol. The normalized spacial score (nSPS) is 10.0. The number of amides is 1. The lowest BCUT2D eigenvalue weighted by Crippen LogP contribution is -2.14. The summed E-state index contributed by atoms with van der Waals surface area (Å²) in [7, 11) is 2.98. The number of anilines is 1. The fourth-order valence-electron chi connectivity index (χ4n) is 2.16. The molecule has 7 nitrogen and oxygen atoms in total. The van der Waals surface area contributed by atoms with Gasteiger partial charge in [-0.1, -0.05) is 12.1 Å². The molecule has 2 aromatic rings. The molecule has 0 aliphatic carbocycles. The third kappa shape index (κ3) is 3.57. The first-order valence-electron chi connectivity index (χ1n) is 6.74. The molecule has 0 radical (unpaired) electrons. The summed E-state index contributed by atoms with van der Waals surface area (Å²) in [5.74, 6) is 0.424. The predicted molar refractivity (Wildman–Crippen MR) is 85.3 cm³/mol. The van der Waals surface area contributed by atoms with Crippen molar-refractivity contribution in [3.8, 4) is 11.5 Å². The number of benzene rings is 2. The summed E-state index contributed by atoms with van der Waals surface area (Å²) in [4.78, 5) is 23.0. The van der Waals surface area contributed by atoms with Gasteiger partial charge in [0.05, 0.1) is 19.1 Å². The highest BCUT2D eigenvalue weighted by molar-refractivity contribution is 6.07. The maximum Gasteiger partial charge on any atom is 0.285 e. The Hall–Kier alpha value is -3.09. The number of ether oxygens (including phenoxy) is 2. The van der Waals surface area contributed by atoms with E-state index in [4.69, 9.17) is 9.47 Å². The monoisotopic (exact) mass is 316 g/mol. The van der Waals surface area contributed by atoms with Crippen molar-refractivity contribution in [2.45, 2.75) is 6.92 Å². The molecule has 0 unspecified atom stereocenters. The molecule has 1 amide bonds. The zero-order valence-corrected chi connectivity index (χ0v) is 13.0. The van der Waals surface area contributed by atoms with E-state index in [2.05, 4.69) is 5.32 Å². The molecule has 0 saturated carbocycles. The standard InChI is InChI=1S/C16H16N2O5/c1-10-5-4-6-14(15(10)18(20)21)16(19)17-11-7-12(22-2)9-13(8-11)23-3/h4-9H,1-3H3,(H,17,19). The summed E-state index contributed by atoms with van der Waals surface area (Å²) < 4.78 is 10.3. The van der Waals surface area contributed by atoms with E-state index in [0.717, 1.165) is 0 Å². The number of methoxy groups -OCH3 is 2. The molecule has 0 atom stereocenters. The van der Waals surface area contributed by atoms with Crippen LogP contribution in [0.2, 0.25) is 0 Å². The van der Waals surface area contributed by atoms with Gasteiger partial charge < -0.3 is 14.8 Å². The highest BCUT2D eigenvalue weighted by Crippen LogP contribution is 2.28. The number of hydrogen-bond acceptors (Lipinski definition) is 5. The van der Waals surface area contributed by atoms with E-state index < -0.39 is 10.8 Å². The molecule has 7 heteroatoms. The number of nitro groups is 1. The van der Waals surface area contributed by atoms with Gasteiger partial charge in [-0.25, -0.2) is 0 Å². The van der Waals surface area contributed by atoms with Gasteiger partial charge in [-0.3, -0.25) is 14.9 Å². The minimum absolute atomic E-state index is 0.00298. The van der Waals surface area contributed by atoms with Crippen molar-refractivity contribution in [3.63, 3.8) is 0 Å². The Balaban J connectivity index is 2.37. The van der Waals surface area contributed by atoms with Crippen molar-refractivity contribution < 1.29 is 19.2 Å². The number of carbonyl (C=O) groups excluding carboxylic acids is 1. The van der Waals surface area contributed by atoms with Gasteiger partial charge in [-0.2, -0.15) is 0 Å². The Morgan fingerprint density at radius 1 is 1.13 bits per heavy atom. The van der Waals surface area contributed by atoms with Gasteiger partial charge in [0.25, 0.3) is 11.6 Å². The van der Waals surface area contributed by atoms with E-state index in [-0.39, 0.29) is 11.3 Å². The van der Waals surface area contributed by atoms with E-state index in [1.807, 2.05) is 0 Å². The molecule has 0 saturated heterocycles. The molecule has 2 aromatic carbocycles. The van der Waals surface area contributed by atoms with E-state index in [1.165, 1.54) is 20.3 Å². The van der Waals surface area contributed by atoms with Crippen LogP contribution < -0.4 is 14.8 Å². The Morgan fingerprint density at radius 3 is 2.26 bits per heavy atom. The molecule has 0 aliphatic rings. The third-order valence-corrected chi connectivity index (χ3v) is 3.27. The van der Waals surface area contributed by atoms with Crippen LogP contribution >= 0.6 is 0 Å². The van der Waals surface area contributed by atoms with E-state index >= 15 is 0 Å². The van der Waals surface area contributed by atoms with E-state index in [1.54, 1.807) is 37.3 Å². The van der Waals surface area contributed by atoms with Crippen LogP contribution in [0.3, 0.4) is 0 Å². The second-order valence-electron chi connectivity index (χ2n) is 4.78. The number of carbonyl (C=O) groups is 1. The highest BCUT2D eigenvalue weighted by atomic mass is 16.6. The molecule has 2 rings (SSSR count). The molecule has 0 aliphatic heterocycles. The van der Waals surface area contributed by atoms with Crippen LogP contribution in [-0.2, 0) is 0 Å². The van der Waals surface area contributed by atoms with Crippen LogP contribution in [0.5, 0.6) is 11.5 Å². The molecule has 0 fully saturated rings. The zero-order valence-electron chi connectivity index (χ0n) is 13.0. The van der Waals surface area contributed by atoms with Crippen LogP contribution in [-0.4, -0.2) is 25.1 Å². The predicted octanol–water partition coefficient (Wildman–Crippen LogP) is 3.17. The molecule has 120 valence electrons. The molecule has 23 heavy (non-hydrogen) atoms. The Morgan fingerprint density at radius 2 is 1.74 bits per heavy atom. The number of nitrogens with one attached hydrogen (secondary N) is 1. The number of nitro benzene ring substituents is 1. The van der Waals surface area contributed by atoms with Crippen LogP contribution in [0.25, 0.3) is 0 Å². The lowest BCUT2D eigenvalue weighted by Gasteiger charge is -2.10. The smallest absolute Gasteiger partial charge is 0.285 e. The minimum Gasteiger partial charge on any atom is -0.497 e. The number of nitrogens with zero attached hydrogens (tertiary/aromatic N) is 1. The maximum atomic E-state index is 12.4. The molecule has 0 bridgehead atoms. The topological polar surface area (TPSA) is 90.7 Å². The van der Waals surface area contributed by atoms with Gasteiger partial charge in [0, 0.05) is 29.4 Å². The summed E-state index contributed by atoms with van der Waals surface area (Å²) in [5, 5.41) is 13.8. The lowest BCUT2D eigenvalue weighted by molar-refractivity contribution is -0.385. The van der Waals surface area contributed by atoms with Crippen LogP contribution in [0.1, 0.15) is 15.9 Å². The average molecular weight is 316 g/mol. The second kappa shape index (κ2) is 6.78. The van der Waals surface area contributed by atoms with E-state index in [0.29, 0.717) is 22.7 Å². The first-order valence-corrected chi connectivity index (χ1v) is 6.74. The highest BCUT2D eigenvalue weighted by Gasteiger charge is 2.22. The number of para-hydroxylation sites is 1. The van der Waals surface area contributed by atoms with Crippen molar-refractivity contribution >= 4 is 17.3 Å².